The SMILES string of the molecule is CCC(C)CCCCCCCCCCCCCCCCCCCCC(=O)OC[C@H](COP(=O)(O)OCC(O)COP(=O)(O)OC[C@@H](COC(=O)CCCCCCCCCC(C)C)OC(=O)CCCCCCCCCCCCCCCCCCCCC(C)C)OC(=O)CCCCCCCCCCCCCCCCCC(C)C. The molecule has 6 atom stereocenters. The Morgan fingerprint density at radius 3 is 0.640 bits per heavy atom. The summed E-state index contributed by atoms with van der Waals surface area (Å²) in [6.45, 7) is 14.4. The molecule has 19 heteroatoms. The zero-order chi connectivity index (χ0) is 81.6. The molecule has 0 bridgehead atoms. The second-order valence-corrected chi connectivity index (χ2v) is 37.6. The van der Waals surface area contributed by atoms with Crippen molar-refractivity contribution in [3.63, 3.8) is 0 Å². The molecule has 0 saturated carbocycles. The predicted octanol–water partition coefficient (Wildman–Crippen LogP) is 28.3. The molecule has 0 fully saturated rings. The molecule has 0 radical (unpaired) electrons. The minimum atomic E-state index is -4.97. The summed E-state index contributed by atoms with van der Waals surface area (Å²) in [5.41, 5.74) is 0. The fourth-order valence-corrected chi connectivity index (χ4v) is 15.9. The number of rotatable bonds is 89. The van der Waals surface area contributed by atoms with E-state index in [0.717, 1.165) is 114 Å². The van der Waals surface area contributed by atoms with Gasteiger partial charge in [-0.05, 0) is 49.4 Å². The van der Waals surface area contributed by atoms with Crippen LogP contribution in [0.5, 0.6) is 0 Å². The summed E-state index contributed by atoms with van der Waals surface area (Å²) in [5, 5.41) is 10.7. The summed E-state index contributed by atoms with van der Waals surface area (Å²) in [7, 11) is -9.94. The highest BCUT2D eigenvalue weighted by molar-refractivity contribution is 7.47. The van der Waals surface area contributed by atoms with Gasteiger partial charge in [0.25, 0.3) is 0 Å². The first-order chi connectivity index (χ1) is 53.6. The third-order valence-corrected chi connectivity index (χ3v) is 23.8. The molecule has 0 aliphatic rings. The number of aliphatic hydroxyl groups excluding tert-OH is 1. The van der Waals surface area contributed by atoms with Crippen LogP contribution in [0.1, 0.15) is 486 Å². The molecule has 0 aromatic rings. The molecule has 0 aliphatic heterocycles. The van der Waals surface area contributed by atoms with E-state index in [1.165, 1.54) is 283 Å². The maximum absolute atomic E-state index is 13.2. The van der Waals surface area contributed by atoms with Gasteiger partial charge in [0, 0.05) is 25.7 Å². The van der Waals surface area contributed by atoms with Crippen LogP contribution in [-0.2, 0) is 65.4 Å². The Kier molecular flexibility index (Phi) is 79.1. The lowest BCUT2D eigenvalue weighted by molar-refractivity contribution is -0.161. The van der Waals surface area contributed by atoms with Crippen molar-refractivity contribution < 1.29 is 80.2 Å². The fourth-order valence-electron chi connectivity index (χ4n) is 14.3. The molecule has 4 unspecified atom stereocenters. The van der Waals surface area contributed by atoms with Crippen molar-refractivity contribution in [3.8, 4) is 0 Å². The maximum Gasteiger partial charge on any atom is 0.472 e. The summed E-state index contributed by atoms with van der Waals surface area (Å²) in [5.74, 6) is 1.10. The van der Waals surface area contributed by atoms with Crippen molar-refractivity contribution in [2.45, 2.75) is 504 Å². The lowest BCUT2D eigenvalue weighted by Crippen LogP contribution is -2.30. The van der Waals surface area contributed by atoms with Crippen LogP contribution in [0, 0.1) is 23.7 Å². The van der Waals surface area contributed by atoms with Crippen molar-refractivity contribution in [1.29, 1.82) is 0 Å². The van der Waals surface area contributed by atoms with E-state index < -0.39 is 97.5 Å². The molecule has 660 valence electrons. The van der Waals surface area contributed by atoms with E-state index in [4.69, 9.17) is 37.0 Å². The van der Waals surface area contributed by atoms with Crippen LogP contribution in [0.25, 0.3) is 0 Å². The zero-order valence-corrected chi connectivity index (χ0v) is 75.4. The Labute approximate surface area is 683 Å². The average Bonchev–Trinajstić information content (AvgIpc) is 0.898. The highest BCUT2D eigenvalue weighted by atomic mass is 31.2. The van der Waals surface area contributed by atoms with Gasteiger partial charge in [0.05, 0.1) is 26.4 Å². The first-order valence-corrected chi connectivity index (χ1v) is 50.2. The van der Waals surface area contributed by atoms with Crippen molar-refractivity contribution in [3.05, 3.63) is 0 Å². The number of ether oxygens (including phenoxy) is 4. The molecule has 0 spiro atoms. The number of carbonyl (C=O) groups is 4. The monoisotopic (exact) mass is 1620 g/mol. The Bertz CT molecular complexity index is 2150. The number of hydrogen-bond donors (Lipinski definition) is 3. The summed E-state index contributed by atoms with van der Waals surface area (Å²) < 4.78 is 69.1. The number of phosphoric ester groups is 2. The molecule has 0 heterocycles. The van der Waals surface area contributed by atoms with Crippen molar-refractivity contribution in [2.75, 3.05) is 39.6 Å². The van der Waals surface area contributed by atoms with Crippen LogP contribution in [0.2, 0.25) is 0 Å². The molecular formula is C92H180O17P2. The van der Waals surface area contributed by atoms with Crippen molar-refractivity contribution >= 4 is 39.5 Å². The van der Waals surface area contributed by atoms with Crippen LogP contribution >= 0.6 is 15.6 Å². The Morgan fingerprint density at radius 1 is 0.252 bits per heavy atom. The standard InChI is InChI=1S/C92H180O17P2/c1-9-85(8)71-63-55-47-39-33-27-21-15-11-13-16-22-28-34-40-48-56-64-72-89(94)102-78-87(108-91(96)74-67-59-50-42-36-30-24-18-20-26-32-38-45-53-61-69-83(4)5)80-106-110(98,99)104-76-86(93)77-105-111(100,101)107-81-88(79-103-90(95)73-65-57-51-43-46-54-62-70-84(6)7)109-92(97)75-66-58-49-41-35-29-23-17-12-10-14-19-25-31-37-44-52-60-68-82(2)3/h82-88,93H,9-81H2,1-8H3,(H,98,99)(H,100,101)/t85?,86?,87-,88-/m1/s1. The van der Waals surface area contributed by atoms with Gasteiger partial charge in [-0.3, -0.25) is 37.3 Å². The van der Waals surface area contributed by atoms with Crippen LogP contribution in [0.3, 0.4) is 0 Å². The molecule has 0 aromatic carbocycles. The topological polar surface area (TPSA) is 237 Å². The summed E-state index contributed by atoms with van der Waals surface area (Å²) in [6.07, 6.45) is 72.4. The van der Waals surface area contributed by atoms with E-state index >= 15 is 0 Å². The molecule has 0 amide bonds. The molecule has 111 heavy (non-hydrogen) atoms. The number of esters is 4. The van der Waals surface area contributed by atoms with Gasteiger partial charge in [-0.15, -0.1) is 0 Å². The lowest BCUT2D eigenvalue weighted by atomic mass is 9.99. The van der Waals surface area contributed by atoms with Crippen molar-refractivity contribution in [2.24, 2.45) is 23.7 Å². The predicted molar refractivity (Wildman–Crippen MR) is 460 cm³/mol. The first kappa shape index (κ1) is 109. The second-order valence-electron chi connectivity index (χ2n) is 34.7. The van der Waals surface area contributed by atoms with E-state index in [-0.39, 0.29) is 25.7 Å². The zero-order valence-electron chi connectivity index (χ0n) is 73.6. The Morgan fingerprint density at radius 2 is 0.432 bits per heavy atom. The number of unbranched alkanes of at least 4 members (excludes halogenated alkanes) is 54. The molecule has 17 nitrogen and oxygen atoms in total. The fraction of sp³-hybridized carbons (Fsp3) is 0.957. The number of phosphoric acid groups is 2. The summed E-state index contributed by atoms with van der Waals surface area (Å²) in [6, 6.07) is 0. The van der Waals surface area contributed by atoms with Crippen LogP contribution < -0.4 is 0 Å². The minimum Gasteiger partial charge on any atom is -0.462 e. The van der Waals surface area contributed by atoms with E-state index in [0.29, 0.717) is 31.6 Å². The number of hydrogen-bond acceptors (Lipinski definition) is 15. The smallest absolute Gasteiger partial charge is 0.462 e. The van der Waals surface area contributed by atoms with Gasteiger partial charge >= 0.3 is 39.5 Å². The number of carbonyl (C=O) groups excluding carboxylic acids is 4. The van der Waals surface area contributed by atoms with Gasteiger partial charge in [-0.2, -0.15) is 0 Å². The van der Waals surface area contributed by atoms with E-state index in [1.807, 2.05) is 0 Å². The summed E-state index contributed by atoms with van der Waals surface area (Å²) >= 11 is 0. The highest BCUT2D eigenvalue weighted by Gasteiger charge is 2.31. The number of aliphatic hydroxyl groups is 1. The van der Waals surface area contributed by atoms with Gasteiger partial charge in [-0.1, -0.05) is 434 Å². The molecule has 0 aromatic heterocycles. The van der Waals surface area contributed by atoms with Crippen LogP contribution in [-0.4, -0.2) is 96.7 Å². The summed E-state index contributed by atoms with van der Waals surface area (Å²) in [4.78, 5) is 73.4. The van der Waals surface area contributed by atoms with Gasteiger partial charge in [0.1, 0.15) is 19.3 Å². The minimum absolute atomic E-state index is 0.107. The Hall–Kier alpha value is -1.94. The van der Waals surface area contributed by atoms with Crippen LogP contribution in [0.4, 0.5) is 0 Å². The normalized spacial score (nSPS) is 14.1. The lowest BCUT2D eigenvalue weighted by Gasteiger charge is -2.21. The Balaban J connectivity index is 5.20. The first-order valence-electron chi connectivity index (χ1n) is 47.2. The van der Waals surface area contributed by atoms with Crippen LogP contribution in [0.15, 0.2) is 0 Å². The molecule has 3 N–H and O–H groups in total. The molecule has 0 aliphatic carbocycles. The van der Waals surface area contributed by atoms with Gasteiger partial charge < -0.3 is 33.8 Å². The molecule has 0 saturated heterocycles. The highest BCUT2D eigenvalue weighted by Crippen LogP contribution is 2.45. The quantitative estimate of drug-likeness (QED) is 0.0222. The van der Waals surface area contributed by atoms with E-state index in [2.05, 4.69) is 55.4 Å². The van der Waals surface area contributed by atoms with Gasteiger partial charge in [0.2, 0.25) is 0 Å². The third-order valence-electron chi connectivity index (χ3n) is 21.9. The molecule has 0 rings (SSSR count). The average molecular weight is 1620 g/mol. The largest absolute Gasteiger partial charge is 0.472 e. The van der Waals surface area contributed by atoms with E-state index in [9.17, 15) is 43.2 Å². The second kappa shape index (κ2) is 80.5. The van der Waals surface area contributed by atoms with Gasteiger partial charge in [0.15, 0.2) is 12.2 Å². The van der Waals surface area contributed by atoms with E-state index in [1.54, 1.807) is 0 Å². The van der Waals surface area contributed by atoms with Crippen molar-refractivity contribution in [1.82, 2.24) is 0 Å². The molecular weight excluding hydrogens is 1440 g/mol. The third kappa shape index (κ3) is 84.3. The van der Waals surface area contributed by atoms with Gasteiger partial charge in [-0.25, -0.2) is 9.13 Å². The maximum atomic E-state index is 13.2.